The lowest BCUT2D eigenvalue weighted by molar-refractivity contribution is 0.0680. The number of aliphatic hydroxyl groups excluding tert-OH is 1. The minimum Gasteiger partial charge on any atom is -0.475 e. The van der Waals surface area contributed by atoms with Crippen LogP contribution in [0.25, 0.3) is 0 Å². The van der Waals surface area contributed by atoms with Crippen molar-refractivity contribution in [2.24, 2.45) is 22.7 Å². The number of hydrogen-bond donors (Lipinski definition) is 2. The third kappa shape index (κ3) is 6.92. The summed E-state index contributed by atoms with van der Waals surface area (Å²) < 4.78 is 11.3. The smallest absolute Gasteiger partial charge is 0.211 e. The van der Waals surface area contributed by atoms with Crippen LogP contribution in [-0.2, 0) is 15.9 Å². The number of aliphatic imine (C=N–C) groups is 1. The maximum Gasteiger partial charge on any atom is 0.211 e. The monoisotopic (exact) mass is 495 g/mol. The molecule has 3 aliphatic rings. The minimum atomic E-state index is -0.0494. The fourth-order valence-electron chi connectivity index (χ4n) is 6.77. The molecule has 0 radical (unpaired) electrons. The standard InChI is InChI=1S/C30H45N3O3/c1-5-28(33-10-13-35-14-11-33)31-29(36-15-12-34)9-7-26-18-27(8-6-24(26)4)32-30-19-22(2)16-25(21-30)17-23(3)20-30/h5-6,8-9,18,22-23,25,32,34H,1,7,10-17,19-21H2,2-4H3/b29-9+,31-28+. The third-order valence-corrected chi connectivity index (χ3v) is 7.97. The molecule has 1 heterocycles. The number of nitrogens with one attached hydrogen (secondary N) is 1. The highest BCUT2D eigenvalue weighted by Crippen LogP contribution is 2.48. The Morgan fingerprint density at radius 3 is 2.61 bits per heavy atom. The highest BCUT2D eigenvalue weighted by atomic mass is 16.5. The lowest BCUT2D eigenvalue weighted by atomic mass is 9.61. The number of benzene rings is 1. The lowest BCUT2D eigenvalue weighted by Crippen LogP contribution is -2.49. The number of nitrogens with zero attached hydrogens (tertiary/aromatic N) is 2. The molecule has 0 amide bonds. The minimum absolute atomic E-state index is 0.0494. The second-order valence-electron chi connectivity index (χ2n) is 11.3. The normalized spacial score (nSPS) is 29.1. The largest absolute Gasteiger partial charge is 0.475 e. The number of allylic oxidation sites excluding steroid dienone is 1. The van der Waals surface area contributed by atoms with Crippen molar-refractivity contribution in [2.75, 3.05) is 44.8 Å². The third-order valence-electron chi connectivity index (χ3n) is 7.97. The Hall–Kier alpha value is -2.31. The van der Waals surface area contributed by atoms with E-state index < -0.39 is 0 Å². The summed E-state index contributed by atoms with van der Waals surface area (Å²) >= 11 is 0. The van der Waals surface area contributed by atoms with E-state index in [9.17, 15) is 5.11 Å². The number of fused-ring (bicyclic) bond motifs is 2. The molecule has 1 aliphatic heterocycles. The molecule has 0 spiro atoms. The van der Waals surface area contributed by atoms with Crippen LogP contribution >= 0.6 is 0 Å². The van der Waals surface area contributed by atoms with Crippen molar-refractivity contribution in [3.05, 3.63) is 53.9 Å². The van der Waals surface area contributed by atoms with E-state index in [0.717, 1.165) is 36.7 Å². The van der Waals surface area contributed by atoms with Gasteiger partial charge in [0.1, 0.15) is 12.4 Å². The predicted octanol–water partition coefficient (Wildman–Crippen LogP) is 5.32. The molecule has 0 aromatic heterocycles. The molecule has 1 aromatic rings. The molecule has 3 fully saturated rings. The Labute approximate surface area is 217 Å². The molecule has 4 rings (SSSR count). The number of ether oxygens (including phenoxy) is 2. The first-order valence-corrected chi connectivity index (χ1v) is 13.7. The maximum atomic E-state index is 9.33. The first kappa shape index (κ1) is 26.7. The van der Waals surface area contributed by atoms with Crippen LogP contribution in [0.3, 0.4) is 0 Å². The molecule has 2 aliphatic carbocycles. The molecule has 1 aromatic carbocycles. The molecule has 2 unspecified atom stereocenters. The van der Waals surface area contributed by atoms with Crippen LogP contribution in [-0.4, -0.2) is 60.9 Å². The SMILES string of the molecule is C=C/C(=N\C(=C/Cc1cc(NC23CC(C)CC(CC(C)C2)C3)ccc1C)OCCO)N1CCOCC1. The van der Waals surface area contributed by atoms with Gasteiger partial charge >= 0.3 is 0 Å². The van der Waals surface area contributed by atoms with Gasteiger partial charge in [0.2, 0.25) is 5.88 Å². The number of anilines is 1. The molecule has 6 heteroatoms. The van der Waals surface area contributed by atoms with Crippen LogP contribution in [0.5, 0.6) is 0 Å². The van der Waals surface area contributed by atoms with E-state index in [2.05, 4.69) is 55.8 Å². The van der Waals surface area contributed by atoms with Gasteiger partial charge in [0, 0.05) is 24.3 Å². The number of morpholine rings is 1. The molecule has 198 valence electrons. The molecule has 2 atom stereocenters. The summed E-state index contributed by atoms with van der Waals surface area (Å²) in [5, 5.41) is 13.3. The quantitative estimate of drug-likeness (QED) is 0.276. The van der Waals surface area contributed by atoms with Crippen molar-refractivity contribution in [3.8, 4) is 0 Å². The second kappa shape index (κ2) is 12.3. The summed E-state index contributed by atoms with van der Waals surface area (Å²) in [5.41, 5.74) is 3.95. The zero-order valence-corrected chi connectivity index (χ0v) is 22.5. The van der Waals surface area contributed by atoms with Crippen LogP contribution in [0.15, 0.2) is 47.8 Å². The summed E-state index contributed by atoms with van der Waals surface area (Å²) in [6.45, 7) is 14.1. The summed E-state index contributed by atoms with van der Waals surface area (Å²) in [4.78, 5) is 6.91. The molecular weight excluding hydrogens is 450 g/mol. The van der Waals surface area contributed by atoms with Crippen LogP contribution in [0.2, 0.25) is 0 Å². The summed E-state index contributed by atoms with van der Waals surface area (Å²) in [5.74, 6) is 3.72. The van der Waals surface area contributed by atoms with E-state index in [1.54, 1.807) is 6.08 Å². The average Bonchev–Trinajstić information content (AvgIpc) is 2.84. The van der Waals surface area contributed by atoms with E-state index in [0.29, 0.717) is 25.5 Å². The number of aliphatic hydroxyl groups is 1. The summed E-state index contributed by atoms with van der Waals surface area (Å²) in [7, 11) is 0. The second-order valence-corrected chi connectivity index (χ2v) is 11.3. The topological polar surface area (TPSA) is 66.3 Å². The Morgan fingerprint density at radius 1 is 1.22 bits per heavy atom. The first-order valence-electron chi connectivity index (χ1n) is 13.7. The van der Waals surface area contributed by atoms with Gasteiger partial charge in [0.05, 0.1) is 19.8 Å². The van der Waals surface area contributed by atoms with E-state index in [-0.39, 0.29) is 18.8 Å². The number of hydrogen-bond acceptors (Lipinski definition) is 5. The van der Waals surface area contributed by atoms with Crippen molar-refractivity contribution < 1.29 is 14.6 Å². The van der Waals surface area contributed by atoms with Crippen molar-refractivity contribution in [2.45, 2.75) is 64.8 Å². The van der Waals surface area contributed by atoms with E-state index in [1.165, 1.54) is 48.9 Å². The highest BCUT2D eigenvalue weighted by molar-refractivity contribution is 5.93. The van der Waals surface area contributed by atoms with Gasteiger partial charge in [0.15, 0.2) is 0 Å². The summed E-state index contributed by atoms with van der Waals surface area (Å²) in [6.07, 6.45) is 11.1. The molecule has 2 saturated carbocycles. The molecule has 1 saturated heterocycles. The molecular formula is C30H45N3O3. The van der Waals surface area contributed by atoms with E-state index in [4.69, 9.17) is 14.5 Å². The highest BCUT2D eigenvalue weighted by Gasteiger charge is 2.44. The zero-order chi connectivity index (χ0) is 25.5. The van der Waals surface area contributed by atoms with Crippen LogP contribution in [0.1, 0.15) is 57.1 Å². The van der Waals surface area contributed by atoms with Gasteiger partial charge in [-0.2, -0.15) is 4.99 Å². The van der Waals surface area contributed by atoms with Gasteiger partial charge < -0.3 is 24.8 Å². The summed E-state index contributed by atoms with van der Waals surface area (Å²) in [6, 6.07) is 6.76. The van der Waals surface area contributed by atoms with Gasteiger partial charge in [-0.25, -0.2) is 0 Å². The van der Waals surface area contributed by atoms with E-state index >= 15 is 0 Å². The average molecular weight is 496 g/mol. The Morgan fingerprint density at radius 2 is 1.94 bits per heavy atom. The van der Waals surface area contributed by atoms with E-state index in [1.807, 2.05) is 6.08 Å². The van der Waals surface area contributed by atoms with Gasteiger partial charge in [-0.1, -0.05) is 26.5 Å². The predicted molar refractivity (Wildman–Crippen MR) is 147 cm³/mol. The molecule has 6 nitrogen and oxygen atoms in total. The molecule has 2 bridgehead atoms. The van der Waals surface area contributed by atoms with Crippen molar-refractivity contribution in [1.82, 2.24) is 4.90 Å². The van der Waals surface area contributed by atoms with Gasteiger partial charge in [-0.05, 0) is 98.6 Å². The van der Waals surface area contributed by atoms with Crippen LogP contribution < -0.4 is 5.32 Å². The molecule has 2 N–H and O–H groups in total. The van der Waals surface area contributed by atoms with Gasteiger partial charge in [0.25, 0.3) is 0 Å². The van der Waals surface area contributed by atoms with Crippen molar-refractivity contribution >= 4 is 11.5 Å². The van der Waals surface area contributed by atoms with Crippen LogP contribution in [0, 0.1) is 24.7 Å². The number of amidine groups is 1. The number of rotatable bonds is 9. The lowest BCUT2D eigenvalue weighted by Gasteiger charge is -2.51. The maximum absolute atomic E-state index is 9.33. The Balaban J connectivity index is 1.52. The fourth-order valence-corrected chi connectivity index (χ4v) is 6.77. The van der Waals surface area contributed by atoms with Gasteiger partial charge in [-0.3, -0.25) is 0 Å². The fraction of sp³-hybridized carbons (Fsp3) is 0.633. The Kier molecular flexibility index (Phi) is 9.13. The first-order chi connectivity index (χ1) is 17.4. The Bertz CT molecular complexity index is 931. The van der Waals surface area contributed by atoms with Crippen molar-refractivity contribution in [3.63, 3.8) is 0 Å². The molecule has 36 heavy (non-hydrogen) atoms. The van der Waals surface area contributed by atoms with Crippen LogP contribution in [0.4, 0.5) is 5.69 Å². The van der Waals surface area contributed by atoms with Gasteiger partial charge in [-0.15, -0.1) is 0 Å². The van der Waals surface area contributed by atoms with Crippen molar-refractivity contribution in [1.29, 1.82) is 0 Å². The number of aryl methyl sites for hydroxylation is 1. The zero-order valence-electron chi connectivity index (χ0n) is 22.5.